The Balaban J connectivity index is 0.00000196. The molecule has 0 heterocycles. The van der Waals surface area contributed by atoms with Gasteiger partial charge >= 0.3 is 0 Å². The normalized spacial score (nSPS) is 12.0. The van der Waals surface area contributed by atoms with Gasteiger partial charge in [-0.1, -0.05) is 15.9 Å². The van der Waals surface area contributed by atoms with Gasteiger partial charge in [0.15, 0.2) is 0 Å². The maximum atomic E-state index is 5.94. The van der Waals surface area contributed by atoms with E-state index in [1.165, 1.54) is 0 Å². The number of nitrogens with two attached hydrogens (primary N) is 3. The summed E-state index contributed by atoms with van der Waals surface area (Å²) in [7, 11) is 0. The molecule has 1 rings (SSSR count). The van der Waals surface area contributed by atoms with E-state index in [0.29, 0.717) is 12.2 Å². The van der Waals surface area contributed by atoms with Crippen molar-refractivity contribution in [2.24, 2.45) is 11.5 Å². The Morgan fingerprint density at radius 3 is 2.40 bits per heavy atom. The summed E-state index contributed by atoms with van der Waals surface area (Å²) in [6, 6.07) is 3.72. The molecular weight excluding hydrogens is 345 g/mol. The Labute approximate surface area is 112 Å². The maximum absolute atomic E-state index is 5.94. The van der Waals surface area contributed by atoms with Gasteiger partial charge in [0.25, 0.3) is 0 Å². The number of rotatable bonds is 3. The van der Waals surface area contributed by atoms with Crippen molar-refractivity contribution in [3.63, 3.8) is 0 Å². The molecule has 6 heteroatoms. The number of hydrogen-bond donors (Lipinski definition) is 3. The minimum absolute atomic E-state index is 0. The van der Waals surface area contributed by atoms with Crippen LogP contribution in [0.3, 0.4) is 0 Å². The lowest BCUT2D eigenvalue weighted by molar-refractivity contribution is 0.662. The summed E-state index contributed by atoms with van der Waals surface area (Å²) in [6.07, 6.45) is 0.729. The molecule has 0 fully saturated rings. The summed E-state index contributed by atoms with van der Waals surface area (Å²) in [6.45, 7) is 0.560. The summed E-state index contributed by atoms with van der Waals surface area (Å²) in [5.74, 6) is 0. The fourth-order valence-electron chi connectivity index (χ4n) is 1.25. The van der Waals surface area contributed by atoms with Crippen LogP contribution in [0.2, 0.25) is 0 Å². The molecule has 0 saturated carbocycles. The van der Waals surface area contributed by atoms with Crippen molar-refractivity contribution in [1.29, 1.82) is 0 Å². The standard InChI is InChI=1S/C9H13Br2N3.ClH/c10-5-3-6(8(13)1-2-12)9(14)7(11)4-5;/h3-4,8H,1-2,12-14H2;1H/t8-;/m1./s1. The SMILES string of the molecule is Cl.NCC[C@@H](N)c1cc(Br)cc(Br)c1N. The topological polar surface area (TPSA) is 78.1 Å². The van der Waals surface area contributed by atoms with Gasteiger partial charge in [0.2, 0.25) is 0 Å². The van der Waals surface area contributed by atoms with Crippen LogP contribution in [-0.4, -0.2) is 6.54 Å². The second-order valence-corrected chi connectivity index (χ2v) is 4.84. The van der Waals surface area contributed by atoms with E-state index >= 15 is 0 Å². The minimum Gasteiger partial charge on any atom is -0.398 e. The molecule has 0 aromatic heterocycles. The zero-order valence-electron chi connectivity index (χ0n) is 8.04. The van der Waals surface area contributed by atoms with Gasteiger partial charge in [-0.15, -0.1) is 12.4 Å². The minimum atomic E-state index is -0.103. The molecule has 0 radical (unpaired) electrons. The van der Waals surface area contributed by atoms with Crippen LogP contribution in [0.5, 0.6) is 0 Å². The molecule has 1 atom stereocenters. The highest BCUT2D eigenvalue weighted by atomic mass is 79.9. The number of halogens is 3. The third kappa shape index (κ3) is 3.92. The zero-order chi connectivity index (χ0) is 10.7. The van der Waals surface area contributed by atoms with Crippen molar-refractivity contribution >= 4 is 50.0 Å². The number of nitrogen functional groups attached to an aromatic ring is 1. The first kappa shape index (κ1) is 15.2. The van der Waals surface area contributed by atoms with Crippen LogP contribution in [0.15, 0.2) is 21.1 Å². The molecule has 6 N–H and O–H groups in total. The zero-order valence-corrected chi connectivity index (χ0v) is 12.0. The maximum Gasteiger partial charge on any atom is 0.0507 e. The molecule has 0 aliphatic heterocycles. The molecule has 0 unspecified atom stereocenters. The molecule has 0 saturated heterocycles. The van der Waals surface area contributed by atoms with Crippen LogP contribution >= 0.6 is 44.3 Å². The summed E-state index contributed by atoms with van der Waals surface area (Å²) in [5.41, 5.74) is 18.9. The Morgan fingerprint density at radius 2 is 1.87 bits per heavy atom. The quantitative estimate of drug-likeness (QED) is 0.726. The number of benzene rings is 1. The van der Waals surface area contributed by atoms with Gasteiger partial charge in [-0.05, 0) is 46.6 Å². The summed E-state index contributed by atoms with van der Waals surface area (Å²) >= 11 is 6.77. The van der Waals surface area contributed by atoms with Crippen LogP contribution in [0.4, 0.5) is 5.69 Å². The van der Waals surface area contributed by atoms with Gasteiger partial charge in [0.05, 0.1) is 5.69 Å². The molecule has 0 aliphatic rings. The fourth-order valence-corrected chi connectivity index (χ4v) is 2.50. The van der Waals surface area contributed by atoms with E-state index in [2.05, 4.69) is 31.9 Å². The highest BCUT2D eigenvalue weighted by molar-refractivity contribution is 9.11. The number of hydrogen-bond acceptors (Lipinski definition) is 3. The highest BCUT2D eigenvalue weighted by Gasteiger charge is 2.11. The van der Waals surface area contributed by atoms with Crippen LogP contribution < -0.4 is 17.2 Å². The summed E-state index contributed by atoms with van der Waals surface area (Å²) in [4.78, 5) is 0. The summed E-state index contributed by atoms with van der Waals surface area (Å²) in [5, 5.41) is 0. The fraction of sp³-hybridized carbons (Fsp3) is 0.333. The van der Waals surface area contributed by atoms with E-state index in [1.54, 1.807) is 0 Å². The predicted molar refractivity (Wildman–Crippen MR) is 74.1 cm³/mol. The van der Waals surface area contributed by atoms with Crippen LogP contribution in [0.1, 0.15) is 18.0 Å². The van der Waals surface area contributed by atoms with Gasteiger partial charge in [0, 0.05) is 15.0 Å². The lowest BCUT2D eigenvalue weighted by Crippen LogP contribution is -2.17. The van der Waals surface area contributed by atoms with Crippen molar-refractivity contribution in [1.82, 2.24) is 0 Å². The first-order chi connectivity index (χ1) is 6.56. The van der Waals surface area contributed by atoms with E-state index in [4.69, 9.17) is 17.2 Å². The van der Waals surface area contributed by atoms with Gasteiger partial charge in [0.1, 0.15) is 0 Å². The molecule has 0 bridgehead atoms. The molecule has 0 amide bonds. The molecule has 0 spiro atoms. The Kier molecular flexibility index (Phi) is 6.79. The van der Waals surface area contributed by atoms with Crippen LogP contribution in [0.25, 0.3) is 0 Å². The van der Waals surface area contributed by atoms with E-state index in [0.717, 1.165) is 20.9 Å². The molecular formula is C9H14Br2ClN3. The first-order valence-electron chi connectivity index (χ1n) is 4.26. The van der Waals surface area contributed by atoms with E-state index in [9.17, 15) is 0 Å². The number of anilines is 1. The second kappa shape index (κ2) is 6.70. The van der Waals surface area contributed by atoms with Crippen molar-refractivity contribution in [2.45, 2.75) is 12.5 Å². The van der Waals surface area contributed by atoms with Crippen molar-refractivity contribution in [3.05, 3.63) is 26.6 Å². The monoisotopic (exact) mass is 357 g/mol. The Bertz CT molecular complexity index is 333. The largest absolute Gasteiger partial charge is 0.398 e. The first-order valence-corrected chi connectivity index (χ1v) is 5.85. The van der Waals surface area contributed by atoms with E-state index < -0.39 is 0 Å². The molecule has 3 nitrogen and oxygen atoms in total. The van der Waals surface area contributed by atoms with E-state index in [1.807, 2.05) is 12.1 Å². The van der Waals surface area contributed by atoms with Gasteiger partial charge < -0.3 is 17.2 Å². The molecule has 1 aromatic carbocycles. The lowest BCUT2D eigenvalue weighted by Gasteiger charge is -2.15. The predicted octanol–water partition coefficient (Wildman–Crippen LogP) is 2.56. The second-order valence-electron chi connectivity index (χ2n) is 3.07. The average Bonchev–Trinajstić information content (AvgIpc) is 2.11. The van der Waals surface area contributed by atoms with Crippen LogP contribution in [0, 0.1) is 0 Å². The Hall–Kier alpha value is 0.190. The molecule has 0 aliphatic carbocycles. The average molecular weight is 359 g/mol. The smallest absolute Gasteiger partial charge is 0.0507 e. The third-order valence-electron chi connectivity index (χ3n) is 2.00. The highest BCUT2D eigenvalue weighted by Crippen LogP contribution is 2.31. The molecule has 86 valence electrons. The third-order valence-corrected chi connectivity index (χ3v) is 3.12. The lowest BCUT2D eigenvalue weighted by atomic mass is 10.0. The molecule has 15 heavy (non-hydrogen) atoms. The van der Waals surface area contributed by atoms with E-state index in [-0.39, 0.29) is 18.4 Å². The van der Waals surface area contributed by atoms with Gasteiger partial charge in [-0.25, -0.2) is 0 Å². The van der Waals surface area contributed by atoms with Crippen molar-refractivity contribution < 1.29 is 0 Å². The van der Waals surface area contributed by atoms with Gasteiger partial charge in [-0.3, -0.25) is 0 Å². The van der Waals surface area contributed by atoms with Gasteiger partial charge in [-0.2, -0.15) is 0 Å². The Morgan fingerprint density at radius 1 is 1.27 bits per heavy atom. The molecule has 1 aromatic rings. The summed E-state index contributed by atoms with van der Waals surface area (Å²) < 4.78 is 1.82. The van der Waals surface area contributed by atoms with Crippen molar-refractivity contribution in [3.8, 4) is 0 Å². The van der Waals surface area contributed by atoms with Crippen LogP contribution in [-0.2, 0) is 0 Å². The van der Waals surface area contributed by atoms with Crippen molar-refractivity contribution in [2.75, 3.05) is 12.3 Å².